The molecule has 1 saturated heterocycles. The minimum Gasteiger partial charge on any atom is -0.385 e. The number of nitrogens with one attached hydrogen (secondary N) is 2. The smallest absolute Gasteiger partial charge is 0.276 e. The Bertz CT molecular complexity index is 742. The molecule has 0 unspecified atom stereocenters. The maximum atomic E-state index is 12.4. The molecule has 0 atom stereocenters. The van der Waals surface area contributed by atoms with Gasteiger partial charge in [0.2, 0.25) is 0 Å². The molecule has 0 radical (unpaired) electrons. The van der Waals surface area contributed by atoms with Crippen molar-refractivity contribution in [1.82, 2.24) is 15.1 Å². The van der Waals surface area contributed by atoms with Crippen molar-refractivity contribution in [2.24, 2.45) is 0 Å². The summed E-state index contributed by atoms with van der Waals surface area (Å²) >= 11 is 0. The van der Waals surface area contributed by atoms with E-state index in [4.69, 9.17) is 4.74 Å². The van der Waals surface area contributed by atoms with Gasteiger partial charge in [-0.05, 0) is 49.9 Å². The number of carbonyl (C=O) groups excluding carboxylic acids is 1. The van der Waals surface area contributed by atoms with Crippen LogP contribution in [0.1, 0.15) is 16.9 Å². The number of benzene rings is 1. The zero-order valence-corrected chi connectivity index (χ0v) is 16.5. The Hall–Kier alpha value is -2.71. The highest BCUT2D eigenvalue weighted by Crippen LogP contribution is 2.19. The maximum Gasteiger partial charge on any atom is 0.276 e. The van der Waals surface area contributed by atoms with Crippen LogP contribution in [0.25, 0.3) is 0 Å². The summed E-state index contributed by atoms with van der Waals surface area (Å²) in [5, 5.41) is 14.1. The third kappa shape index (κ3) is 5.64. The maximum absolute atomic E-state index is 12.4. The van der Waals surface area contributed by atoms with E-state index in [0.717, 1.165) is 44.8 Å². The summed E-state index contributed by atoms with van der Waals surface area (Å²) in [6.07, 6.45) is 0.880. The van der Waals surface area contributed by atoms with Gasteiger partial charge in [0.15, 0.2) is 5.69 Å². The number of carbonyl (C=O) groups is 1. The minimum atomic E-state index is -0.272. The van der Waals surface area contributed by atoms with Crippen molar-refractivity contribution in [3.8, 4) is 0 Å². The number of ether oxygens (including phenoxy) is 1. The Kier molecular flexibility index (Phi) is 7.16. The number of likely N-dealkylation sites (N-methyl/N-ethyl adjacent to an activating group) is 1. The largest absolute Gasteiger partial charge is 0.385 e. The molecular formula is C20H28N6O2. The molecule has 8 heteroatoms. The number of hydrogen-bond donors (Lipinski definition) is 2. The second kappa shape index (κ2) is 10.0. The van der Waals surface area contributed by atoms with Crippen LogP contribution in [0.4, 0.5) is 17.2 Å². The van der Waals surface area contributed by atoms with Gasteiger partial charge in [0.25, 0.3) is 5.91 Å². The Labute approximate surface area is 165 Å². The number of methoxy groups -OCH3 is 1. The predicted octanol–water partition coefficient (Wildman–Crippen LogP) is 1.93. The van der Waals surface area contributed by atoms with Crippen LogP contribution in [0.5, 0.6) is 0 Å². The lowest BCUT2D eigenvalue weighted by molar-refractivity contribution is 0.102. The van der Waals surface area contributed by atoms with Crippen LogP contribution in [-0.4, -0.2) is 74.5 Å². The van der Waals surface area contributed by atoms with Gasteiger partial charge >= 0.3 is 0 Å². The van der Waals surface area contributed by atoms with E-state index in [1.807, 2.05) is 24.3 Å². The Morgan fingerprint density at radius 1 is 1.07 bits per heavy atom. The van der Waals surface area contributed by atoms with Crippen molar-refractivity contribution in [3.63, 3.8) is 0 Å². The van der Waals surface area contributed by atoms with Gasteiger partial charge < -0.3 is 25.2 Å². The number of aromatic nitrogens is 2. The summed E-state index contributed by atoms with van der Waals surface area (Å²) in [7, 11) is 3.82. The Balaban J connectivity index is 1.51. The highest BCUT2D eigenvalue weighted by Gasteiger charge is 2.14. The standard InChI is InChI=1S/C20H28N6O2/c1-25-11-13-26(14-12-25)17-6-4-16(5-7-17)22-20(27)18-8-9-19(24-23-18)21-10-3-15-28-2/h4-9H,3,10-15H2,1-2H3,(H,21,24)(H,22,27). The molecule has 1 fully saturated rings. The van der Waals surface area contributed by atoms with Gasteiger partial charge in [-0.2, -0.15) is 0 Å². The molecule has 0 bridgehead atoms. The molecule has 2 heterocycles. The van der Waals surface area contributed by atoms with E-state index in [2.05, 4.69) is 37.7 Å². The minimum absolute atomic E-state index is 0.272. The number of piperazine rings is 1. The number of rotatable bonds is 8. The average Bonchev–Trinajstić information content (AvgIpc) is 2.73. The van der Waals surface area contributed by atoms with E-state index in [1.165, 1.54) is 5.69 Å². The molecule has 1 aromatic heterocycles. The first-order valence-electron chi connectivity index (χ1n) is 9.57. The normalized spacial score (nSPS) is 14.7. The first kappa shape index (κ1) is 20.0. The number of hydrogen-bond acceptors (Lipinski definition) is 7. The second-order valence-corrected chi connectivity index (χ2v) is 6.87. The van der Waals surface area contributed by atoms with Gasteiger partial charge in [0, 0.05) is 57.8 Å². The van der Waals surface area contributed by atoms with Gasteiger partial charge in [-0.3, -0.25) is 4.79 Å². The van der Waals surface area contributed by atoms with Crippen molar-refractivity contribution in [2.45, 2.75) is 6.42 Å². The molecule has 0 aliphatic carbocycles. The molecular weight excluding hydrogens is 356 g/mol. The van der Waals surface area contributed by atoms with E-state index in [1.54, 1.807) is 19.2 Å². The van der Waals surface area contributed by atoms with Crippen molar-refractivity contribution in [3.05, 3.63) is 42.1 Å². The fourth-order valence-electron chi connectivity index (χ4n) is 3.00. The van der Waals surface area contributed by atoms with E-state index in [9.17, 15) is 4.79 Å². The van der Waals surface area contributed by atoms with Crippen LogP contribution >= 0.6 is 0 Å². The lowest BCUT2D eigenvalue weighted by atomic mass is 10.2. The van der Waals surface area contributed by atoms with Gasteiger partial charge in [-0.15, -0.1) is 10.2 Å². The second-order valence-electron chi connectivity index (χ2n) is 6.87. The monoisotopic (exact) mass is 384 g/mol. The highest BCUT2D eigenvalue weighted by molar-refractivity contribution is 6.02. The highest BCUT2D eigenvalue weighted by atomic mass is 16.5. The van der Waals surface area contributed by atoms with E-state index in [-0.39, 0.29) is 11.6 Å². The van der Waals surface area contributed by atoms with Crippen LogP contribution in [0.15, 0.2) is 36.4 Å². The SMILES string of the molecule is COCCCNc1ccc(C(=O)Nc2ccc(N3CCN(C)CC3)cc2)nn1. The molecule has 0 saturated carbocycles. The van der Waals surface area contributed by atoms with Gasteiger partial charge in [0.05, 0.1) is 0 Å². The summed E-state index contributed by atoms with van der Waals surface area (Å²) in [4.78, 5) is 17.1. The molecule has 1 amide bonds. The summed E-state index contributed by atoms with van der Waals surface area (Å²) < 4.78 is 5.00. The van der Waals surface area contributed by atoms with Crippen LogP contribution in [0.2, 0.25) is 0 Å². The van der Waals surface area contributed by atoms with Crippen molar-refractivity contribution < 1.29 is 9.53 Å². The van der Waals surface area contributed by atoms with Crippen LogP contribution in [0.3, 0.4) is 0 Å². The van der Waals surface area contributed by atoms with Crippen molar-refractivity contribution in [2.75, 3.05) is 69.0 Å². The Morgan fingerprint density at radius 2 is 1.82 bits per heavy atom. The first-order valence-corrected chi connectivity index (χ1v) is 9.57. The number of amides is 1. The van der Waals surface area contributed by atoms with E-state index >= 15 is 0 Å². The summed E-state index contributed by atoms with van der Waals surface area (Å²) in [6, 6.07) is 11.3. The quantitative estimate of drug-likeness (QED) is 0.673. The average molecular weight is 384 g/mol. The van der Waals surface area contributed by atoms with Crippen molar-refractivity contribution >= 4 is 23.1 Å². The number of anilines is 3. The van der Waals surface area contributed by atoms with Crippen LogP contribution < -0.4 is 15.5 Å². The molecule has 2 aromatic rings. The molecule has 0 spiro atoms. The van der Waals surface area contributed by atoms with Crippen molar-refractivity contribution in [1.29, 1.82) is 0 Å². The third-order valence-corrected chi connectivity index (χ3v) is 4.72. The molecule has 28 heavy (non-hydrogen) atoms. The van der Waals surface area contributed by atoms with E-state index < -0.39 is 0 Å². The van der Waals surface area contributed by atoms with Crippen LogP contribution in [0, 0.1) is 0 Å². The fraction of sp³-hybridized carbons (Fsp3) is 0.450. The zero-order valence-electron chi connectivity index (χ0n) is 16.5. The van der Waals surface area contributed by atoms with Gasteiger partial charge in [-0.1, -0.05) is 0 Å². The molecule has 1 aromatic carbocycles. The van der Waals surface area contributed by atoms with Gasteiger partial charge in [-0.25, -0.2) is 0 Å². The van der Waals surface area contributed by atoms with Gasteiger partial charge in [0.1, 0.15) is 5.82 Å². The molecule has 8 nitrogen and oxygen atoms in total. The first-order chi connectivity index (χ1) is 13.7. The molecule has 1 aliphatic heterocycles. The topological polar surface area (TPSA) is 82.6 Å². The molecule has 150 valence electrons. The molecule has 1 aliphatic rings. The Morgan fingerprint density at radius 3 is 2.46 bits per heavy atom. The summed E-state index contributed by atoms with van der Waals surface area (Å²) in [5.74, 6) is 0.370. The molecule has 3 rings (SSSR count). The lowest BCUT2D eigenvalue weighted by Gasteiger charge is -2.34. The summed E-state index contributed by atoms with van der Waals surface area (Å²) in [5.41, 5.74) is 2.20. The van der Waals surface area contributed by atoms with E-state index in [0.29, 0.717) is 12.4 Å². The molecule has 2 N–H and O–H groups in total. The van der Waals surface area contributed by atoms with Crippen LogP contribution in [-0.2, 0) is 4.74 Å². The summed E-state index contributed by atoms with van der Waals surface area (Å²) in [6.45, 7) is 5.60. The fourth-order valence-corrected chi connectivity index (χ4v) is 3.00. The predicted molar refractivity (Wildman–Crippen MR) is 111 cm³/mol. The lowest BCUT2D eigenvalue weighted by Crippen LogP contribution is -2.44. The third-order valence-electron chi connectivity index (χ3n) is 4.72. The number of nitrogens with zero attached hydrogens (tertiary/aromatic N) is 4. The zero-order chi connectivity index (χ0) is 19.8.